The van der Waals surface area contributed by atoms with Crippen molar-refractivity contribution in [3.63, 3.8) is 0 Å². The topological polar surface area (TPSA) is 36.4 Å². The van der Waals surface area contributed by atoms with E-state index in [-0.39, 0.29) is 5.91 Å². The van der Waals surface area contributed by atoms with E-state index in [1.54, 1.807) is 0 Å². The van der Waals surface area contributed by atoms with Crippen molar-refractivity contribution >= 4 is 16.8 Å². The maximum atomic E-state index is 13.0. The first-order valence-corrected chi connectivity index (χ1v) is 10.0. The van der Waals surface area contributed by atoms with Gasteiger partial charge in [0.15, 0.2) is 0 Å². The number of amides is 1. The van der Waals surface area contributed by atoms with Crippen LogP contribution in [0.5, 0.6) is 0 Å². The molecule has 2 aromatic carbocycles. The van der Waals surface area contributed by atoms with Crippen LogP contribution in [0.15, 0.2) is 54.6 Å². The molecule has 1 aromatic heterocycles. The standard InChI is InChI=1S/C24H27N3O/c1-18-8-9-21(19(2)16-18)17-26-12-5-13-27(15-14-26)24(28)23-11-10-20-6-3-4-7-22(20)25-23/h3-4,6-11,16H,5,12-15,17H2,1-2H3. The number of pyridine rings is 1. The van der Waals surface area contributed by atoms with E-state index in [0.29, 0.717) is 5.69 Å². The van der Waals surface area contributed by atoms with E-state index >= 15 is 0 Å². The van der Waals surface area contributed by atoms with Crippen LogP contribution < -0.4 is 0 Å². The van der Waals surface area contributed by atoms with Gasteiger partial charge in [-0.05, 0) is 43.5 Å². The molecule has 0 unspecified atom stereocenters. The van der Waals surface area contributed by atoms with Gasteiger partial charge >= 0.3 is 0 Å². The quantitative estimate of drug-likeness (QED) is 0.690. The van der Waals surface area contributed by atoms with Crippen molar-refractivity contribution in [3.8, 4) is 0 Å². The highest BCUT2D eigenvalue weighted by Gasteiger charge is 2.21. The molecule has 0 bridgehead atoms. The summed E-state index contributed by atoms with van der Waals surface area (Å²) in [5.74, 6) is 0.0409. The molecular weight excluding hydrogens is 346 g/mol. The van der Waals surface area contributed by atoms with Crippen LogP contribution in [-0.2, 0) is 6.54 Å². The van der Waals surface area contributed by atoms with E-state index < -0.39 is 0 Å². The number of rotatable bonds is 3. The van der Waals surface area contributed by atoms with Crippen LogP contribution in [-0.4, -0.2) is 46.9 Å². The smallest absolute Gasteiger partial charge is 0.272 e. The summed E-state index contributed by atoms with van der Waals surface area (Å²) in [6.07, 6.45) is 0.990. The number of benzene rings is 2. The Labute approximate surface area is 166 Å². The third-order valence-electron chi connectivity index (χ3n) is 5.59. The molecule has 1 amide bonds. The van der Waals surface area contributed by atoms with Gasteiger partial charge in [-0.15, -0.1) is 0 Å². The molecule has 28 heavy (non-hydrogen) atoms. The Morgan fingerprint density at radius 2 is 1.82 bits per heavy atom. The minimum Gasteiger partial charge on any atom is -0.336 e. The molecular formula is C24H27N3O. The first-order chi connectivity index (χ1) is 13.6. The van der Waals surface area contributed by atoms with Gasteiger partial charge in [-0.3, -0.25) is 9.69 Å². The summed E-state index contributed by atoms with van der Waals surface area (Å²) in [6, 6.07) is 18.4. The van der Waals surface area contributed by atoms with Crippen molar-refractivity contribution in [3.05, 3.63) is 77.0 Å². The van der Waals surface area contributed by atoms with Crippen molar-refractivity contribution in [1.82, 2.24) is 14.8 Å². The Bertz CT molecular complexity index is 998. The fraction of sp³-hybridized carbons (Fsp3) is 0.333. The zero-order valence-corrected chi connectivity index (χ0v) is 16.7. The van der Waals surface area contributed by atoms with Crippen molar-refractivity contribution in [1.29, 1.82) is 0 Å². The summed E-state index contributed by atoms with van der Waals surface area (Å²) in [4.78, 5) is 22.0. The lowest BCUT2D eigenvalue weighted by atomic mass is 10.1. The summed E-state index contributed by atoms with van der Waals surface area (Å²) < 4.78 is 0. The maximum Gasteiger partial charge on any atom is 0.272 e. The fourth-order valence-corrected chi connectivity index (χ4v) is 3.94. The molecule has 1 fully saturated rings. The molecule has 1 aliphatic rings. The second kappa shape index (κ2) is 8.11. The Balaban J connectivity index is 1.43. The van der Waals surface area contributed by atoms with Crippen molar-refractivity contribution in [2.45, 2.75) is 26.8 Å². The minimum absolute atomic E-state index is 0.0409. The second-order valence-corrected chi connectivity index (χ2v) is 7.74. The summed E-state index contributed by atoms with van der Waals surface area (Å²) in [6.45, 7) is 8.71. The van der Waals surface area contributed by atoms with Crippen LogP contribution in [0.2, 0.25) is 0 Å². The summed E-state index contributed by atoms with van der Waals surface area (Å²) >= 11 is 0. The molecule has 0 aliphatic carbocycles. The summed E-state index contributed by atoms with van der Waals surface area (Å²) in [5, 5.41) is 1.06. The van der Waals surface area contributed by atoms with Gasteiger partial charge in [-0.1, -0.05) is 48.0 Å². The van der Waals surface area contributed by atoms with Gasteiger partial charge in [-0.25, -0.2) is 4.98 Å². The van der Waals surface area contributed by atoms with Gasteiger partial charge in [0.25, 0.3) is 5.91 Å². The number of carbonyl (C=O) groups is 1. The number of nitrogens with zero attached hydrogens (tertiary/aromatic N) is 3. The lowest BCUT2D eigenvalue weighted by molar-refractivity contribution is 0.0755. The Kier molecular flexibility index (Phi) is 5.40. The molecule has 4 rings (SSSR count). The zero-order chi connectivity index (χ0) is 19.5. The van der Waals surface area contributed by atoms with Gasteiger partial charge in [0.05, 0.1) is 5.52 Å². The van der Waals surface area contributed by atoms with Gasteiger partial charge in [0, 0.05) is 38.1 Å². The molecule has 0 spiro atoms. The number of fused-ring (bicyclic) bond motifs is 1. The van der Waals surface area contributed by atoms with Crippen LogP contribution in [0, 0.1) is 13.8 Å². The summed E-state index contributed by atoms with van der Waals surface area (Å²) in [7, 11) is 0. The molecule has 1 saturated heterocycles. The molecule has 2 heterocycles. The van der Waals surface area contributed by atoms with Gasteiger partial charge < -0.3 is 4.90 Å². The van der Waals surface area contributed by atoms with E-state index in [0.717, 1.165) is 50.0 Å². The first-order valence-electron chi connectivity index (χ1n) is 10.0. The molecule has 144 valence electrons. The number of aromatic nitrogens is 1. The highest BCUT2D eigenvalue weighted by Crippen LogP contribution is 2.17. The predicted octanol–water partition coefficient (Wildman–Crippen LogP) is 4.20. The van der Waals surface area contributed by atoms with E-state index in [1.165, 1.54) is 16.7 Å². The lowest BCUT2D eigenvalue weighted by Crippen LogP contribution is -2.35. The fourth-order valence-electron chi connectivity index (χ4n) is 3.94. The van der Waals surface area contributed by atoms with Crippen LogP contribution in [0.4, 0.5) is 0 Å². The van der Waals surface area contributed by atoms with Gasteiger partial charge in [0.1, 0.15) is 5.69 Å². The van der Waals surface area contributed by atoms with Crippen LogP contribution in [0.25, 0.3) is 10.9 Å². The molecule has 4 heteroatoms. The van der Waals surface area contributed by atoms with Crippen molar-refractivity contribution in [2.24, 2.45) is 0 Å². The third kappa shape index (κ3) is 4.07. The SMILES string of the molecule is Cc1ccc(CN2CCCN(C(=O)c3ccc4ccccc4n3)CC2)c(C)c1. The monoisotopic (exact) mass is 373 g/mol. The molecule has 3 aromatic rings. The third-order valence-corrected chi connectivity index (χ3v) is 5.59. The molecule has 0 N–H and O–H groups in total. The summed E-state index contributed by atoms with van der Waals surface area (Å²) in [5.41, 5.74) is 5.44. The molecule has 1 aliphatic heterocycles. The maximum absolute atomic E-state index is 13.0. The molecule has 0 atom stereocenters. The number of aryl methyl sites for hydroxylation is 2. The van der Waals surface area contributed by atoms with Gasteiger partial charge in [0.2, 0.25) is 0 Å². The normalized spacial score (nSPS) is 15.6. The lowest BCUT2D eigenvalue weighted by Gasteiger charge is -2.22. The van der Waals surface area contributed by atoms with Crippen LogP contribution in [0.1, 0.15) is 33.6 Å². The second-order valence-electron chi connectivity index (χ2n) is 7.74. The minimum atomic E-state index is 0.0409. The number of para-hydroxylation sites is 1. The van der Waals surface area contributed by atoms with E-state index in [9.17, 15) is 4.79 Å². The Morgan fingerprint density at radius 1 is 0.964 bits per heavy atom. The molecule has 0 radical (unpaired) electrons. The van der Waals surface area contributed by atoms with E-state index in [1.807, 2.05) is 41.3 Å². The van der Waals surface area contributed by atoms with Crippen molar-refractivity contribution in [2.75, 3.05) is 26.2 Å². The largest absolute Gasteiger partial charge is 0.336 e. The van der Waals surface area contributed by atoms with E-state index in [4.69, 9.17) is 0 Å². The van der Waals surface area contributed by atoms with Crippen molar-refractivity contribution < 1.29 is 4.79 Å². The van der Waals surface area contributed by atoms with Crippen LogP contribution in [0.3, 0.4) is 0 Å². The molecule has 4 nitrogen and oxygen atoms in total. The Morgan fingerprint density at radius 3 is 2.68 bits per heavy atom. The number of carbonyl (C=O) groups excluding carboxylic acids is 1. The van der Waals surface area contributed by atoms with Crippen LogP contribution >= 0.6 is 0 Å². The average molecular weight is 374 g/mol. The highest BCUT2D eigenvalue weighted by molar-refractivity contribution is 5.94. The molecule has 0 saturated carbocycles. The van der Waals surface area contributed by atoms with Gasteiger partial charge in [-0.2, -0.15) is 0 Å². The zero-order valence-electron chi connectivity index (χ0n) is 16.7. The first kappa shape index (κ1) is 18.6. The highest BCUT2D eigenvalue weighted by atomic mass is 16.2. The predicted molar refractivity (Wildman–Crippen MR) is 113 cm³/mol. The van der Waals surface area contributed by atoms with E-state index in [2.05, 4.69) is 41.9 Å². The number of hydrogen-bond acceptors (Lipinski definition) is 3. The Hall–Kier alpha value is -2.72. The number of hydrogen-bond donors (Lipinski definition) is 0. The average Bonchev–Trinajstić information content (AvgIpc) is 2.95.